The zero-order chi connectivity index (χ0) is 20.2. The first-order chi connectivity index (χ1) is 14.1. The summed E-state index contributed by atoms with van der Waals surface area (Å²) in [7, 11) is 0. The average molecular weight is 460 g/mol. The van der Waals surface area contributed by atoms with Crippen LogP contribution in [0.1, 0.15) is 48.9 Å². The molecule has 2 aliphatic heterocycles. The van der Waals surface area contributed by atoms with E-state index in [0.717, 1.165) is 48.5 Å². The Kier molecular flexibility index (Phi) is 6.83. The van der Waals surface area contributed by atoms with Gasteiger partial charge in [-0.25, -0.2) is 0 Å². The van der Waals surface area contributed by atoms with Crippen LogP contribution in [0.5, 0.6) is 0 Å². The fourth-order valence-electron chi connectivity index (χ4n) is 4.67. The molecule has 2 aromatic rings. The molecule has 2 fully saturated rings. The van der Waals surface area contributed by atoms with Gasteiger partial charge < -0.3 is 15.4 Å². The minimum Gasteiger partial charge on any atom is -0.397 e. The van der Waals surface area contributed by atoms with Crippen molar-refractivity contribution in [2.24, 2.45) is 11.8 Å². The summed E-state index contributed by atoms with van der Waals surface area (Å²) in [6.45, 7) is 5.39. The van der Waals surface area contributed by atoms with Crippen molar-refractivity contribution < 1.29 is 9.53 Å². The summed E-state index contributed by atoms with van der Waals surface area (Å²) in [6.07, 6.45) is 8.05. The van der Waals surface area contributed by atoms with Crippen LogP contribution < -0.4 is 5.73 Å². The third kappa shape index (κ3) is 4.98. The van der Waals surface area contributed by atoms with Crippen LogP contribution in [0.2, 0.25) is 0 Å². The third-order valence-corrected chi connectivity index (χ3v) is 7.18. The molecular formula is C23H30BrN3O2. The molecule has 0 spiro atoms. The summed E-state index contributed by atoms with van der Waals surface area (Å²) in [5.74, 6) is 1.60. The number of ether oxygens (including phenoxy) is 1. The Labute approximate surface area is 181 Å². The number of nitrogen functional groups attached to an aromatic ring is 1. The number of pyridine rings is 1. The van der Waals surface area contributed by atoms with Crippen molar-refractivity contribution in [3.63, 3.8) is 0 Å². The van der Waals surface area contributed by atoms with E-state index in [1.165, 1.54) is 32.2 Å². The Balaban J connectivity index is 1.31. The number of nitrogens with zero attached hydrogens (tertiary/aromatic N) is 2. The zero-order valence-corrected chi connectivity index (χ0v) is 18.5. The van der Waals surface area contributed by atoms with E-state index >= 15 is 0 Å². The minimum absolute atomic E-state index is 0.166. The first-order valence-electron chi connectivity index (χ1n) is 10.8. The molecule has 5 nitrogen and oxygen atoms in total. The van der Waals surface area contributed by atoms with Crippen LogP contribution in [0.4, 0.5) is 5.69 Å². The van der Waals surface area contributed by atoms with Crippen molar-refractivity contribution in [1.29, 1.82) is 0 Å². The van der Waals surface area contributed by atoms with E-state index < -0.39 is 0 Å². The summed E-state index contributed by atoms with van der Waals surface area (Å²) in [5.41, 5.74) is 8.18. The van der Waals surface area contributed by atoms with Gasteiger partial charge in [-0.3, -0.25) is 9.78 Å². The molecule has 2 N–H and O–H groups in total. The Morgan fingerprint density at radius 2 is 1.97 bits per heavy atom. The minimum atomic E-state index is 0.166. The Bertz CT molecular complexity index is 859. The molecule has 2 saturated heterocycles. The molecule has 1 aromatic heterocycles. The number of carbonyl (C=O) groups excluding carboxylic acids is 1. The molecule has 2 aliphatic rings. The summed E-state index contributed by atoms with van der Waals surface area (Å²) in [6, 6.07) is 5.62. The van der Waals surface area contributed by atoms with Crippen LogP contribution >= 0.6 is 15.9 Å². The number of Topliss-reactive ketones (excluding diaryl/α,β-unsaturated/α-hetero) is 1. The normalized spacial score (nSPS) is 19.6. The lowest BCUT2D eigenvalue weighted by Crippen LogP contribution is -2.38. The molecule has 1 aromatic carbocycles. The smallest absolute Gasteiger partial charge is 0.165 e. The van der Waals surface area contributed by atoms with Gasteiger partial charge in [-0.1, -0.05) is 0 Å². The lowest BCUT2D eigenvalue weighted by atomic mass is 9.89. The highest BCUT2D eigenvalue weighted by Crippen LogP contribution is 2.32. The molecule has 6 heteroatoms. The van der Waals surface area contributed by atoms with Crippen molar-refractivity contribution in [3.8, 4) is 0 Å². The van der Waals surface area contributed by atoms with Crippen LogP contribution in [-0.2, 0) is 4.74 Å². The number of hydrogen-bond acceptors (Lipinski definition) is 5. The molecule has 0 atom stereocenters. The highest BCUT2D eigenvalue weighted by Gasteiger charge is 2.24. The average Bonchev–Trinajstić information content (AvgIpc) is 2.76. The van der Waals surface area contributed by atoms with Crippen molar-refractivity contribution in [3.05, 3.63) is 34.4 Å². The highest BCUT2D eigenvalue weighted by molar-refractivity contribution is 9.10. The maximum absolute atomic E-state index is 13.0. The lowest BCUT2D eigenvalue weighted by molar-refractivity contribution is 0.0464. The standard InChI is InChI=1S/C23H30BrN3O2/c24-20-14-19(23-18(22(20)25)2-1-9-26-23)21(28)4-3-16-5-10-27(11-6-16)15-17-7-12-29-13-8-17/h1-2,9,14,16-17H,3-8,10-13,15,25H2. The number of halogens is 1. The van der Waals surface area contributed by atoms with Gasteiger partial charge in [-0.15, -0.1) is 0 Å². The van der Waals surface area contributed by atoms with Crippen molar-refractivity contribution >= 4 is 38.3 Å². The van der Waals surface area contributed by atoms with E-state index in [-0.39, 0.29) is 5.78 Å². The molecule has 0 radical (unpaired) electrons. The van der Waals surface area contributed by atoms with E-state index in [4.69, 9.17) is 10.5 Å². The Hall–Kier alpha value is -1.50. The number of likely N-dealkylation sites (tertiary alicyclic amines) is 1. The second-order valence-electron chi connectivity index (χ2n) is 8.48. The molecular weight excluding hydrogens is 430 g/mol. The van der Waals surface area contributed by atoms with Gasteiger partial charge in [0.25, 0.3) is 0 Å². The maximum Gasteiger partial charge on any atom is 0.165 e. The second-order valence-corrected chi connectivity index (χ2v) is 9.34. The number of anilines is 1. The number of aromatic nitrogens is 1. The first-order valence-corrected chi connectivity index (χ1v) is 11.6. The predicted molar refractivity (Wildman–Crippen MR) is 120 cm³/mol. The number of nitrogens with two attached hydrogens (primary N) is 1. The molecule has 0 bridgehead atoms. The maximum atomic E-state index is 13.0. The van der Waals surface area contributed by atoms with Gasteiger partial charge in [0, 0.05) is 47.8 Å². The van der Waals surface area contributed by atoms with E-state index in [1.807, 2.05) is 18.2 Å². The largest absolute Gasteiger partial charge is 0.397 e. The van der Waals surface area contributed by atoms with Crippen LogP contribution in [0, 0.1) is 11.8 Å². The van der Waals surface area contributed by atoms with E-state index in [2.05, 4.69) is 25.8 Å². The molecule has 0 saturated carbocycles. The molecule has 29 heavy (non-hydrogen) atoms. The summed E-state index contributed by atoms with van der Waals surface area (Å²) in [4.78, 5) is 20.0. The van der Waals surface area contributed by atoms with Crippen molar-refractivity contribution in [2.75, 3.05) is 38.6 Å². The van der Waals surface area contributed by atoms with Gasteiger partial charge in [-0.05, 0) is 91.2 Å². The SMILES string of the molecule is Nc1c(Br)cc(C(=O)CCC2CCN(CC3CCOCC3)CC2)c2ncccc12. The summed E-state index contributed by atoms with van der Waals surface area (Å²) >= 11 is 3.49. The predicted octanol–water partition coefficient (Wildman–Crippen LogP) is 4.68. The van der Waals surface area contributed by atoms with Crippen LogP contribution in [-0.4, -0.2) is 48.5 Å². The number of hydrogen-bond donors (Lipinski definition) is 1. The highest BCUT2D eigenvalue weighted by atomic mass is 79.9. The number of carbonyl (C=O) groups is 1. The Morgan fingerprint density at radius 3 is 2.72 bits per heavy atom. The molecule has 3 heterocycles. The molecule has 156 valence electrons. The van der Waals surface area contributed by atoms with E-state index in [0.29, 0.717) is 29.1 Å². The summed E-state index contributed by atoms with van der Waals surface area (Å²) < 4.78 is 6.24. The Morgan fingerprint density at radius 1 is 1.21 bits per heavy atom. The van der Waals surface area contributed by atoms with Crippen LogP contribution in [0.15, 0.2) is 28.9 Å². The number of ketones is 1. The van der Waals surface area contributed by atoms with Crippen molar-refractivity contribution in [2.45, 2.75) is 38.5 Å². The third-order valence-electron chi connectivity index (χ3n) is 6.53. The van der Waals surface area contributed by atoms with E-state index in [9.17, 15) is 4.79 Å². The van der Waals surface area contributed by atoms with E-state index in [1.54, 1.807) is 6.20 Å². The fourth-order valence-corrected chi connectivity index (χ4v) is 5.12. The molecule has 4 rings (SSSR count). The van der Waals surface area contributed by atoms with Gasteiger partial charge in [0.05, 0.1) is 11.2 Å². The lowest BCUT2D eigenvalue weighted by Gasteiger charge is -2.35. The van der Waals surface area contributed by atoms with Crippen LogP contribution in [0.25, 0.3) is 10.9 Å². The number of benzene rings is 1. The summed E-state index contributed by atoms with van der Waals surface area (Å²) in [5, 5.41) is 0.839. The number of piperidine rings is 1. The first kappa shape index (κ1) is 20.8. The molecule has 0 unspecified atom stereocenters. The monoisotopic (exact) mass is 459 g/mol. The van der Waals surface area contributed by atoms with Gasteiger partial charge >= 0.3 is 0 Å². The van der Waals surface area contributed by atoms with Crippen molar-refractivity contribution in [1.82, 2.24) is 9.88 Å². The number of rotatable bonds is 6. The fraction of sp³-hybridized carbons (Fsp3) is 0.565. The molecule has 0 aliphatic carbocycles. The van der Waals surface area contributed by atoms with Crippen LogP contribution in [0.3, 0.4) is 0 Å². The van der Waals surface area contributed by atoms with Gasteiger partial charge in [0.1, 0.15) is 0 Å². The zero-order valence-electron chi connectivity index (χ0n) is 16.9. The topological polar surface area (TPSA) is 68.5 Å². The molecule has 0 amide bonds. The van der Waals surface area contributed by atoms with Gasteiger partial charge in [0.15, 0.2) is 5.78 Å². The number of fused-ring (bicyclic) bond motifs is 1. The quantitative estimate of drug-likeness (QED) is 0.501. The second kappa shape index (κ2) is 9.54. The van der Waals surface area contributed by atoms with Gasteiger partial charge in [0.2, 0.25) is 0 Å². The van der Waals surface area contributed by atoms with Gasteiger partial charge in [-0.2, -0.15) is 0 Å².